The first kappa shape index (κ1) is 14.7. The number of halogens is 2. The smallest absolute Gasteiger partial charge is 0.374 e. The molecule has 0 atom stereocenters. The molecule has 4 bridgehead atoms. The van der Waals surface area contributed by atoms with E-state index < -0.39 is 25.0 Å². The molecule has 4 aliphatic rings. The highest BCUT2D eigenvalue weighted by Crippen LogP contribution is 2.60. The van der Waals surface area contributed by atoms with Crippen LogP contribution in [0.25, 0.3) is 0 Å². The fourth-order valence-corrected chi connectivity index (χ4v) is 4.94. The van der Waals surface area contributed by atoms with Gasteiger partial charge in [-0.15, -0.1) is 0 Å². The summed E-state index contributed by atoms with van der Waals surface area (Å²) in [5.41, 5.74) is 0.0805. The summed E-state index contributed by atoms with van der Waals surface area (Å²) in [5.74, 6) is -0.147. The Morgan fingerprint density at radius 3 is 2.00 bits per heavy atom. The molecular formula is C15H20F2O4. The van der Waals surface area contributed by atoms with Crippen molar-refractivity contribution in [1.82, 2.24) is 0 Å². The fraction of sp³-hybridized carbons (Fsp3) is 0.867. The van der Waals surface area contributed by atoms with Crippen molar-refractivity contribution in [3.05, 3.63) is 0 Å². The van der Waals surface area contributed by atoms with Gasteiger partial charge in [-0.2, -0.15) is 8.78 Å². The molecule has 4 fully saturated rings. The van der Waals surface area contributed by atoms with E-state index in [0.29, 0.717) is 6.61 Å². The van der Waals surface area contributed by atoms with Gasteiger partial charge in [0.2, 0.25) is 0 Å². The highest BCUT2D eigenvalue weighted by atomic mass is 19.3. The molecule has 6 heteroatoms. The average Bonchev–Trinajstić information content (AvgIpc) is 2.41. The van der Waals surface area contributed by atoms with E-state index in [-0.39, 0.29) is 5.41 Å². The molecule has 0 aromatic heterocycles. The third-order valence-corrected chi connectivity index (χ3v) is 5.21. The van der Waals surface area contributed by atoms with Gasteiger partial charge in [-0.25, -0.2) is 9.59 Å². The Balaban J connectivity index is 1.47. The molecule has 21 heavy (non-hydrogen) atoms. The van der Waals surface area contributed by atoms with Crippen LogP contribution in [0.1, 0.15) is 38.5 Å². The van der Waals surface area contributed by atoms with Crippen LogP contribution >= 0.6 is 0 Å². The second-order valence-corrected chi connectivity index (χ2v) is 6.99. The lowest BCUT2D eigenvalue weighted by Crippen LogP contribution is -2.48. The summed E-state index contributed by atoms with van der Waals surface area (Å²) in [7, 11) is 0. The molecule has 4 saturated carbocycles. The second kappa shape index (κ2) is 5.54. The molecule has 118 valence electrons. The third kappa shape index (κ3) is 3.19. The zero-order chi connectivity index (χ0) is 15.0. The van der Waals surface area contributed by atoms with E-state index >= 15 is 0 Å². The minimum Gasteiger partial charge on any atom is -0.463 e. The van der Waals surface area contributed by atoms with Crippen LogP contribution in [0.2, 0.25) is 0 Å². The number of carbonyl (C=O) groups is 2. The molecule has 4 rings (SSSR count). The Hall–Kier alpha value is -1.20. The van der Waals surface area contributed by atoms with Crippen molar-refractivity contribution in [3.63, 3.8) is 0 Å². The van der Waals surface area contributed by atoms with Crippen molar-refractivity contribution >= 4 is 11.9 Å². The van der Waals surface area contributed by atoms with E-state index in [0.717, 1.165) is 37.0 Å². The molecule has 0 amide bonds. The maximum atomic E-state index is 11.9. The second-order valence-electron chi connectivity index (χ2n) is 6.99. The van der Waals surface area contributed by atoms with Crippen LogP contribution in [0.4, 0.5) is 8.78 Å². The monoisotopic (exact) mass is 302 g/mol. The summed E-state index contributed by atoms with van der Waals surface area (Å²) in [6.45, 7) is -0.392. The third-order valence-electron chi connectivity index (χ3n) is 5.21. The van der Waals surface area contributed by atoms with Gasteiger partial charge in [0.05, 0.1) is 6.61 Å². The fourth-order valence-electron chi connectivity index (χ4n) is 4.94. The zero-order valence-corrected chi connectivity index (χ0v) is 11.9. The molecule has 0 unspecified atom stereocenters. The number of hydrogen-bond donors (Lipinski definition) is 0. The highest BCUT2D eigenvalue weighted by Gasteiger charge is 2.51. The minimum atomic E-state index is -3.21. The number of alkyl halides is 2. The molecule has 0 aliphatic heterocycles. The molecule has 4 nitrogen and oxygen atoms in total. The summed E-state index contributed by atoms with van der Waals surface area (Å²) < 4.78 is 33.3. The van der Waals surface area contributed by atoms with Crippen molar-refractivity contribution < 1.29 is 27.8 Å². The molecule has 0 aromatic rings. The van der Waals surface area contributed by atoms with Crippen LogP contribution in [0, 0.1) is 23.2 Å². The van der Waals surface area contributed by atoms with Crippen LogP contribution in [-0.4, -0.2) is 31.6 Å². The van der Waals surface area contributed by atoms with Gasteiger partial charge in [-0.3, -0.25) is 0 Å². The van der Waals surface area contributed by atoms with Gasteiger partial charge in [0.15, 0.2) is 6.61 Å². The number of carbonyl (C=O) groups excluding carboxylic acids is 2. The number of hydrogen-bond acceptors (Lipinski definition) is 4. The number of esters is 2. The standard InChI is InChI=1S/C15H20F2O4/c16-13(17)14(19)20-7-12(18)21-8-15-4-9-1-10(5-15)3-11(2-9)6-15/h9-11,13H,1-8H2. The van der Waals surface area contributed by atoms with Crippen molar-refractivity contribution in [3.8, 4) is 0 Å². The van der Waals surface area contributed by atoms with Crippen LogP contribution in [-0.2, 0) is 19.1 Å². The SMILES string of the molecule is O=C(COC(=O)C(F)F)OCC12CC3CC(CC(C3)C1)C2. The summed E-state index contributed by atoms with van der Waals surface area (Å²) in [6, 6.07) is 0. The van der Waals surface area contributed by atoms with Crippen molar-refractivity contribution in [2.24, 2.45) is 23.2 Å². The van der Waals surface area contributed by atoms with Crippen LogP contribution < -0.4 is 0 Å². The lowest BCUT2D eigenvalue weighted by molar-refractivity contribution is -0.170. The summed E-state index contributed by atoms with van der Waals surface area (Å²) in [5, 5.41) is 0. The Kier molecular flexibility index (Phi) is 3.88. The predicted molar refractivity (Wildman–Crippen MR) is 68.5 cm³/mol. The van der Waals surface area contributed by atoms with Gasteiger partial charge in [-0.1, -0.05) is 0 Å². The summed E-state index contributed by atoms with van der Waals surface area (Å²) in [4.78, 5) is 22.1. The maximum Gasteiger partial charge on any atom is 0.374 e. The van der Waals surface area contributed by atoms with Gasteiger partial charge in [0, 0.05) is 5.41 Å². The Labute approximate surface area is 122 Å². The quantitative estimate of drug-likeness (QED) is 0.732. The minimum absolute atomic E-state index is 0.0805. The van der Waals surface area contributed by atoms with Crippen molar-refractivity contribution in [2.45, 2.75) is 45.0 Å². The number of ether oxygens (including phenoxy) is 2. The van der Waals surface area contributed by atoms with E-state index in [2.05, 4.69) is 4.74 Å². The molecule has 0 radical (unpaired) electrons. The first-order chi connectivity index (χ1) is 9.96. The van der Waals surface area contributed by atoms with Crippen LogP contribution in [0.3, 0.4) is 0 Å². The van der Waals surface area contributed by atoms with Gasteiger partial charge in [0.25, 0.3) is 0 Å². The molecule has 0 heterocycles. The molecule has 0 spiro atoms. The van der Waals surface area contributed by atoms with Gasteiger partial charge in [-0.05, 0) is 56.3 Å². The molecule has 0 N–H and O–H groups in total. The molecular weight excluding hydrogens is 282 g/mol. The Morgan fingerprint density at radius 2 is 1.52 bits per heavy atom. The van der Waals surface area contributed by atoms with Crippen LogP contribution in [0.15, 0.2) is 0 Å². The van der Waals surface area contributed by atoms with Crippen molar-refractivity contribution in [1.29, 1.82) is 0 Å². The van der Waals surface area contributed by atoms with Gasteiger partial charge >= 0.3 is 18.4 Å². The lowest BCUT2D eigenvalue weighted by atomic mass is 9.50. The van der Waals surface area contributed by atoms with E-state index in [1.807, 2.05) is 0 Å². The predicted octanol–water partition coefficient (Wildman–Crippen LogP) is 2.55. The van der Waals surface area contributed by atoms with E-state index in [1.165, 1.54) is 19.3 Å². The maximum absolute atomic E-state index is 11.9. The summed E-state index contributed by atoms with van der Waals surface area (Å²) in [6.07, 6.45) is 4.01. The normalized spacial score (nSPS) is 36.8. The lowest BCUT2D eigenvalue weighted by Gasteiger charge is -2.56. The highest BCUT2D eigenvalue weighted by molar-refractivity contribution is 5.78. The van der Waals surface area contributed by atoms with E-state index in [4.69, 9.17) is 4.74 Å². The Bertz CT molecular complexity index is 400. The molecule has 4 aliphatic carbocycles. The first-order valence-corrected chi connectivity index (χ1v) is 7.56. The number of rotatable bonds is 5. The first-order valence-electron chi connectivity index (χ1n) is 7.56. The zero-order valence-electron chi connectivity index (χ0n) is 11.9. The topological polar surface area (TPSA) is 52.6 Å². The largest absolute Gasteiger partial charge is 0.463 e. The summed E-state index contributed by atoms with van der Waals surface area (Å²) >= 11 is 0. The molecule has 0 aromatic carbocycles. The van der Waals surface area contributed by atoms with E-state index in [1.54, 1.807) is 0 Å². The van der Waals surface area contributed by atoms with Gasteiger partial charge < -0.3 is 9.47 Å². The van der Waals surface area contributed by atoms with Gasteiger partial charge in [0.1, 0.15) is 0 Å². The van der Waals surface area contributed by atoms with Crippen LogP contribution in [0.5, 0.6) is 0 Å². The van der Waals surface area contributed by atoms with Crippen molar-refractivity contribution in [2.75, 3.05) is 13.2 Å². The molecule has 0 saturated heterocycles. The Morgan fingerprint density at radius 1 is 1.00 bits per heavy atom. The average molecular weight is 302 g/mol. The van der Waals surface area contributed by atoms with E-state index in [9.17, 15) is 18.4 Å².